The van der Waals surface area contributed by atoms with Gasteiger partial charge in [0.1, 0.15) is 0 Å². The summed E-state index contributed by atoms with van der Waals surface area (Å²) in [6.07, 6.45) is 1.19. The van der Waals surface area contributed by atoms with Crippen molar-refractivity contribution < 1.29 is 0 Å². The summed E-state index contributed by atoms with van der Waals surface area (Å²) in [6, 6.07) is 7.01. The van der Waals surface area contributed by atoms with Crippen molar-refractivity contribution in [1.82, 2.24) is 4.90 Å². The number of hydrogen-bond donors (Lipinski definition) is 1. The van der Waals surface area contributed by atoms with Gasteiger partial charge in [-0.3, -0.25) is 4.90 Å². The van der Waals surface area contributed by atoms with Crippen molar-refractivity contribution >= 4 is 5.69 Å². The molecule has 0 saturated carbocycles. The summed E-state index contributed by atoms with van der Waals surface area (Å²) < 4.78 is 0. The lowest BCUT2D eigenvalue weighted by molar-refractivity contribution is 0.206. The first-order valence-corrected chi connectivity index (χ1v) is 6.17. The molecule has 1 aromatic carbocycles. The lowest BCUT2D eigenvalue weighted by Crippen LogP contribution is -2.31. The molecule has 0 aliphatic rings. The van der Waals surface area contributed by atoms with E-state index in [1.807, 2.05) is 6.92 Å². The summed E-state index contributed by atoms with van der Waals surface area (Å²) >= 11 is 0. The first-order valence-electron chi connectivity index (χ1n) is 6.17. The number of nitrogens with two attached hydrogens (primary N) is 1. The fourth-order valence-corrected chi connectivity index (χ4v) is 1.86. The van der Waals surface area contributed by atoms with E-state index in [1.165, 1.54) is 12.0 Å². The number of hydrogen-bond acceptors (Lipinski definition) is 2. The number of benzene rings is 1. The molecular formula is C14H24N2. The van der Waals surface area contributed by atoms with Gasteiger partial charge in [0.2, 0.25) is 0 Å². The number of anilines is 1. The standard InChI is InChI=1S/C14H24N2/c1-5-12(4)16(6-2)10-13-8-7-11(3)14(15)9-13/h7-9,12H,5-6,10,15H2,1-4H3. The molecule has 0 aliphatic heterocycles. The van der Waals surface area contributed by atoms with Gasteiger partial charge in [-0.05, 0) is 44.0 Å². The SMILES string of the molecule is CCC(C)N(CC)Cc1ccc(C)c(N)c1. The van der Waals surface area contributed by atoms with Crippen LogP contribution in [0.5, 0.6) is 0 Å². The Bertz CT molecular complexity index is 334. The van der Waals surface area contributed by atoms with Crippen LogP contribution in [0.1, 0.15) is 38.3 Å². The molecule has 16 heavy (non-hydrogen) atoms. The first kappa shape index (κ1) is 13.0. The predicted octanol–water partition coefficient (Wildman–Crippen LogP) is 3.20. The maximum Gasteiger partial charge on any atom is 0.0346 e. The number of aryl methyl sites for hydroxylation is 1. The van der Waals surface area contributed by atoms with Gasteiger partial charge in [-0.2, -0.15) is 0 Å². The molecular weight excluding hydrogens is 196 g/mol. The van der Waals surface area contributed by atoms with Gasteiger partial charge in [0, 0.05) is 18.3 Å². The van der Waals surface area contributed by atoms with Crippen LogP contribution in [-0.4, -0.2) is 17.5 Å². The molecule has 0 fully saturated rings. The second kappa shape index (κ2) is 5.90. The third-order valence-electron chi connectivity index (χ3n) is 3.35. The van der Waals surface area contributed by atoms with Gasteiger partial charge in [-0.25, -0.2) is 0 Å². The maximum absolute atomic E-state index is 5.93. The Hall–Kier alpha value is -1.02. The average Bonchev–Trinajstić information content (AvgIpc) is 2.29. The van der Waals surface area contributed by atoms with E-state index in [-0.39, 0.29) is 0 Å². The highest BCUT2D eigenvalue weighted by Gasteiger charge is 2.10. The molecule has 1 atom stereocenters. The Morgan fingerprint density at radius 3 is 2.50 bits per heavy atom. The van der Waals surface area contributed by atoms with Crippen LogP contribution in [-0.2, 0) is 6.54 Å². The quantitative estimate of drug-likeness (QED) is 0.772. The Kier molecular flexibility index (Phi) is 4.81. The van der Waals surface area contributed by atoms with E-state index in [0.29, 0.717) is 6.04 Å². The number of rotatable bonds is 5. The molecule has 2 N–H and O–H groups in total. The van der Waals surface area contributed by atoms with E-state index in [9.17, 15) is 0 Å². The molecule has 0 radical (unpaired) electrons. The van der Waals surface area contributed by atoms with Gasteiger partial charge in [0.15, 0.2) is 0 Å². The molecule has 0 bridgehead atoms. The van der Waals surface area contributed by atoms with Crippen molar-refractivity contribution in [2.45, 2.75) is 46.7 Å². The highest BCUT2D eigenvalue weighted by molar-refractivity contribution is 5.48. The summed E-state index contributed by atoms with van der Waals surface area (Å²) in [5.74, 6) is 0. The van der Waals surface area contributed by atoms with Crippen LogP contribution in [0.4, 0.5) is 5.69 Å². The zero-order chi connectivity index (χ0) is 12.1. The Labute approximate surface area is 99.5 Å². The fourth-order valence-electron chi connectivity index (χ4n) is 1.86. The fraction of sp³-hybridized carbons (Fsp3) is 0.571. The van der Waals surface area contributed by atoms with Gasteiger partial charge in [-0.15, -0.1) is 0 Å². The van der Waals surface area contributed by atoms with Crippen LogP contribution in [0.15, 0.2) is 18.2 Å². The number of nitrogens with zero attached hydrogens (tertiary/aromatic N) is 1. The largest absolute Gasteiger partial charge is 0.399 e. The summed E-state index contributed by atoms with van der Waals surface area (Å²) in [6.45, 7) is 10.9. The van der Waals surface area contributed by atoms with E-state index < -0.39 is 0 Å². The van der Waals surface area contributed by atoms with Crippen molar-refractivity contribution in [2.24, 2.45) is 0 Å². The zero-order valence-corrected chi connectivity index (χ0v) is 11.0. The van der Waals surface area contributed by atoms with Crippen LogP contribution >= 0.6 is 0 Å². The normalized spacial score (nSPS) is 13.1. The second-order valence-corrected chi connectivity index (χ2v) is 4.51. The molecule has 2 nitrogen and oxygen atoms in total. The Morgan fingerprint density at radius 2 is 2.00 bits per heavy atom. The molecule has 90 valence electrons. The summed E-state index contributed by atoms with van der Waals surface area (Å²) in [5, 5.41) is 0. The third-order valence-corrected chi connectivity index (χ3v) is 3.35. The zero-order valence-electron chi connectivity index (χ0n) is 11.0. The predicted molar refractivity (Wildman–Crippen MR) is 71.4 cm³/mol. The van der Waals surface area contributed by atoms with Gasteiger partial charge in [-0.1, -0.05) is 26.0 Å². The van der Waals surface area contributed by atoms with E-state index >= 15 is 0 Å². The van der Waals surface area contributed by atoms with Crippen molar-refractivity contribution in [3.8, 4) is 0 Å². The average molecular weight is 220 g/mol. The minimum absolute atomic E-state index is 0.632. The van der Waals surface area contributed by atoms with Crippen LogP contribution in [0.2, 0.25) is 0 Å². The number of nitrogen functional groups attached to an aromatic ring is 1. The minimum atomic E-state index is 0.632. The molecule has 1 aromatic rings. The Morgan fingerprint density at radius 1 is 1.31 bits per heavy atom. The molecule has 0 amide bonds. The molecule has 0 aliphatic carbocycles. The molecule has 1 rings (SSSR count). The first-order chi connectivity index (χ1) is 7.58. The molecule has 2 heteroatoms. The van der Waals surface area contributed by atoms with Crippen molar-refractivity contribution in [3.05, 3.63) is 29.3 Å². The maximum atomic E-state index is 5.93. The lowest BCUT2D eigenvalue weighted by atomic mass is 10.1. The van der Waals surface area contributed by atoms with Crippen LogP contribution in [0.3, 0.4) is 0 Å². The van der Waals surface area contributed by atoms with E-state index in [1.54, 1.807) is 0 Å². The van der Waals surface area contributed by atoms with Gasteiger partial charge in [0.25, 0.3) is 0 Å². The van der Waals surface area contributed by atoms with E-state index in [2.05, 4.69) is 43.9 Å². The third kappa shape index (κ3) is 3.24. The van der Waals surface area contributed by atoms with Gasteiger partial charge < -0.3 is 5.73 Å². The smallest absolute Gasteiger partial charge is 0.0346 e. The molecule has 0 spiro atoms. The van der Waals surface area contributed by atoms with E-state index in [0.717, 1.165) is 24.3 Å². The molecule has 0 saturated heterocycles. The van der Waals surface area contributed by atoms with Gasteiger partial charge in [0.05, 0.1) is 0 Å². The van der Waals surface area contributed by atoms with Crippen LogP contribution in [0, 0.1) is 6.92 Å². The van der Waals surface area contributed by atoms with Crippen molar-refractivity contribution in [3.63, 3.8) is 0 Å². The van der Waals surface area contributed by atoms with Crippen molar-refractivity contribution in [1.29, 1.82) is 0 Å². The highest BCUT2D eigenvalue weighted by Crippen LogP contribution is 2.16. The van der Waals surface area contributed by atoms with Crippen molar-refractivity contribution in [2.75, 3.05) is 12.3 Å². The molecule has 0 aromatic heterocycles. The summed E-state index contributed by atoms with van der Waals surface area (Å²) in [7, 11) is 0. The Balaban J connectivity index is 2.74. The minimum Gasteiger partial charge on any atom is -0.399 e. The molecule has 0 heterocycles. The van der Waals surface area contributed by atoms with Crippen LogP contribution in [0.25, 0.3) is 0 Å². The second-order valence-electron chi connectivity index (χ2n) is 4.51. The van der Waals surface area contributed by atoms with Crippen LogP contribution < -0.4 is 5.73 Å². The summed E-state index contributed by atoms with van der Waals surface area (Å²) in [5.41, 5.74) is 9.30. The topological polar surface area (TPSA) is 29.3 Å². The highest BCUT2D eigenvalue weighted by atomic mass is 15.1. The monoisotopic (exact) mass is 220 g/mol. The summed E-state index contributed by atoms with van der Waals surface area (Å²) in [4.78, 5) is 2.48. The lowest BCUT2D eigenvalue weighted by Gasteiger charge is -2.27. The van der Waals surface area contributed by atoms with E-state index in [4.69, 9.17) is 5.73 Å². The van der Waals surface area contributed by atoms with Gasteiger partial charge >= 0.3 is 0 Å². The molecule has 1 unspecified atom stereocenters.